The van der Waals surface area contributed by atoms with E-state index >= 15 is 0 Å². The summed E-state index contributed by atoms with van der Waals surface area (Å²) in [6.07, 6.45) is 1.75. The van der Waals surface area contributed by atoms with Crippen molar-refractivity contribution in [3.63, 3.8) is 0 Å². The van der Waals surface area contributed by atoms with Gasteiger partial charge < -0.3 is 11.1 Å². The van der Waals surface area contributed by atoms with Gasteiger partial charge in [-0.05, 0) is 43.2 Å². The summed E-state index contributed by atoms with van der Waals surface area (Å²) in [7, 11) is 0. The molecule has 1 atom stereocenters. The average Bonchev–Trinajstić information content (AvgIpc) is 2.35. The van der Waals surface area contributed by atoms with Crippen LogP contribution in [0.5, 0.6) is 0 Å². The van der Waals surface area contributed by atoms with E-state index in [1.165, 1.54) is 0 Å². The summed E-state index contributed by atoms with van der Waals surface area (Å²) in [5.74, 6) is 0.711. The highest BCUT2D eigenvalue weighted by Crippen LogP contribution is 2.25. The third kappa shape index (κ3) is 2.74. The number of hydrogen-bond acceptors (Lipinski definition) is 3. The van der Waals surface area contributed by atoms with Gasteiger partial charge in [-0.3, -0.25) is 0 Å². The Hall–Kier alpha value is -1.74. The first-order valence-corrected chi connectivity index (χ1v) is 6.19. The van der Waals surface area contributed by atoms with Gasteiger partial charge in [-0.2, -0.15) is 0 Å². The Kier molecular flexibility index (Phi) is 3.72. The van der Waals surface area contributed by atoms with Gasteiger partial charge in [0.2, 0.25) is 0 Å². The summed E-state index contributed by atoms with van der Waals surface area (Å²) in [5, 5.41) is 4.03. The summed E-state index contributed by atoms with van der Waals surface area (Å²) in [4.78, 5) is 4.26. The number of benzene rings is 1. The topological polar surface area (TPSA) is 50.9 Å². The summed E-state index contributed by atoms with van der Waals surface area (Å²) in [5.41, 5.74) is 8.80. The van der Waals surface area contributed by atoms with Gasteiger partial charge >= 0.3 is 0 Å². The number of rotatable bonds is 3. The molecule has 0 aliphatic rings. The highest BCUT2D eigenvalue weighted by Gasteiger charge is 2.09. The molecule has 4 heteroatoms. The smallest absolute Gasteiger partial charge is 0.149 e. The fourth-order valence-corrected chi connectivity index (χ4v) is 1.95. The number of aryl methyl sites for hydroxylation is 1. The third-order valence-electron chi connectivity index (χ3n) is 2.91. The van der Waals surface area contributed by atoms with Crippen LogP contribution in [0.1, 0.15) is 24.1 Å². The molecule has 2 rings (SSSR count). The largest absolute Gasteiger partial charge is 0.396 e. The Balaban J connectivity index is 2.21. The minimum atomic E-state index is 0.0975. The Morgan fingerprint density at radius 3 is 2.83 bits per heavy atom. The predicted molar refractivity (Wildman–Crippen MR) is 76.9 cm³/mol. The van der Waals surface area contributed by atoms with Crippen LogP contribution in [-0.4, -0.2) is 4.98 Å². The lowest BCUT2D eigenvalue weighted by Gasteiger charge is -2.17. The molecule has 0 bridgehead atoms. The fraction of sp³-hybridized carbons (Fsp3) is 0.214. The van der Waals surface area contributed by atoms with Crippen LogP contribution in [0.15, 0.2) is 36.5 Å². The van der Waals surface area contributed by atoms with Crippen LogP contribution in [0.25, 0.3) is 0 Å². The van der Waals surface area contributed by atoms with Crippen molar-refractivity contribution >= 4 is 23.1 Å². The van der Waals surface area contributed by atoms with Crippen molar-refractivity contribution in [3.8, 4) is 0 Å². The zero-order valence-corrected chi connectivity index (χ0v) is 11.2. The molecular weight excluding hydrogens is 246 g/mol. The van der Waals surface area contributed by atoms with Crippen molar-refractivity contribution in [1.82, 2.24) is 4.98 Å². The maximum Gasteiger partial charge on any atom is 0.149 e. The molecule has 1 aromatic carbocycles. The lowest BCUT2D eigenvalue weighted by molar-refractivity contribution is 0.875. The number of hydrogen-bond donors (Lipinski definition) is 2. The molecule has 0 saturated carbocycles. The number of pyridine rings is 1. The molecule has 3 nitrogen and oxygen atoms in total. The van der Waals surface area contributed by atoms with Crippen LogP contribution in [-0.2, 0) is 0 Å². The van der Waals surface area contributed by atoms with Gasteiger partial charge in [0.1, 0.15) is 5.82 Å². The van der Waals surface area contributed by atoms with E-state index in [-0.39, 0.29) is 6.04 Å². The monoisotopic (exact) mass is 261 g/mol. The fourth-order valence-electron chi connectivity index (χ4n) is 1.75. The highest BCUT2D eigenvalue weighted by molar-refractivity contribution is 6.30. The van der Waals surface area contributed by atoms with Gasteiger partial charge in [0.15, 0.2) is 0 Å². The second kappa shape index (κ2) is 5.27. The Morgan fingerprint density at radius 2 is 2.11 bits per heavy atom. The van der Waals surface area contributed by atoms with Crippen LogP contribution in [0.3, 0.4) is 0 Å². The van der Waals surface area contributed by atoms with Gasteiger partial charge in [0, 0.05) is 11.2 Å². The molecule has 1 aromatic heterocycles. The van der Waals surface area contributed by atoms with E-state index < -0.39 is 0 Å². The SMILES string of the molecule is Cc1ccnc(NC(C)c2cccc(Cl)c2)c1N. The minimum absolute atomic E-state index is 0.0975. The number of nitrogens with zero attached hydrogens (tertiary/aromatic N) is 1. The average molecular weight is 262 g/mol. The van der Waals surface area contributed by atoms with Gasteiger partial charge in [0.25, 0.3) is 0 Å². The minimum Gasteiger partial charge on any atom is -0.396 e. The van der Waals surface area contributed by atoms with Crippen LogP contribution in [0, 0.1) is 6.92 Å². The molecule has 0 amide bonds. The van der Waals surface area contributed by atoms with Crippen LogP contribution in [0.4, 0.5) is 11.5 Å². The van der Waals surface area contributed by atoms with Gasteiger partial charge in [-0.15, -0.1) is 0 Å². The molecule has 2 aromatic rings. The Labute approximate surface area is 112 Å². The number of nitrogens with two attached hydrogens (primary N) is 1. The summed E-state index contributed by atoms with van der Waals surface area (Å²) >= 11 is 5.98. The normalized spacial score (nSPS) is 12.2. The van der Waals surface area contributed by atoms with Gasteiger partial charge in [-0.1, -0.05) is 23.7 Å². The lowest BCUT2D eigenvalue weighted by Crippen LogP contribution is -2.10. The van der Waals surface area contributed by atoms with Crippen LogP contribution >= 0.6 is 11.6 Å². The van der Waals surface area contributed by atoms with Crippen molar-refractivity contribution in [3.05, 3.63) is 52.7 Å². The number of aromatic nitrogens is 1. The van der Waals surface area contributed by atoms with E-state index in [0.717, 1.165) is 16.1 Å². The number of nitrogen functional groups attached to an aromatic ring is 1. The van der Waals surface area contributed by atoms with E-state index in [0.29, 0.717) is 11.5 Å². The summed E-state index contributed by atoms with van der Waals surface area (Å²) in [6.45, 7) is 4.02. The molecule has 1 heterocycles. The highest BCUT2D eigenvalue weighted by atomic mass is 35.5. The molecule has 0 saturated heterocycles. The summed E-state index contributed by atoms with van der Waals surface area (Å²) in [6, 6.07) is 9.74. The lowest BCUT2D eigenvalue weighted by atomic mass is 10.1. The molecule has 0 aliphatic heterocycles. The van der Waals surface area contributed by atoms with Crippen LogP contribution in [0.2, 0.25) is 5.02 Å². The first kappa shape index (κ1) is 12.7. The third-order valence-corrected chi connectivity index (χ3v) is 3.15. The first-order chi connectivity index (χ1) is 8.58. The van der Waals surface area contributed by atoms with E-state index in [1.807, 2.05) is 37.3 Å². The second-order valence-corrected chi connectivity index (χ2v) is 4.75. The quantitative estimate of drug-likeness (QED) is 0.884. The molecule has 0 fully saturated rings. The van der Waals surface area contributed by atoms with Crippen LogP contribution < -0.4 is 11.1 Å². The Bertz CT molecular complexity index is 554. The molecule has 0 aliphatic carbocycles. The molecule has 94 valence electrons. The molecule has 1 unspecified atom stereocenters. The zero-order valence-electron chi connectivity index (χ0n) is 10.4. The van der Waals surface area contributed by atoms with Crippen molar-refractivity contribution < 1.29 is 0 Å². The van der Waals surface area contributed by atoms with Crippen molar-refractivity contribution in [2.45, 2.75) is 19.9 Å². The molecule has 18 heavy (non-hydrogen) atoms. The molecule has 0 radical (unpaired) electrons. The molecule has 0 spiro atoms. The predicted octanol–water partition coefficient (Wildman–Crippen LogP) is 3.80. The standard InChI is InChI=1S/C14H16ClN3/c1-9-6-7-17-14(13(9)16)18-10(2)11-4-3-5-12(15)8-11/h3-8,10H,16H2,1-2H3,(H,17,18). The maximum atomic E-state index is 5.99. The molecular formula is C14H16ClN3. The van der Waals surface area contributed by atoms with E-state index in [9.17, 15) is 0 Å². The zero-order chi connectivity index (χ0) is 13.1. The maximum absolute atomic E-state index is 5.99. The van der Waals surface area contributed by atoms with Gasteiger partial charge in [0.05, 0.1) is 11.7 Å². The Morgan fingerprint density at radius 1 is 1.33 bits per heavy atom. The first-order valence-electron chi connectivity index (χ1n) is 5.81. The summed E-state index contributed by atoms with van der Waals surface area (Å²) < 4.78 is 0. The van der Waals surface area contributed by atoms with E-state index in [1.54, 1.807) is 6.20 Å². The second-order valence-electron chi connectivity index (χ2n) is 4.31. The number of nitrogens with one attached hydrogen (secondary N) is 1. The van der Waals surface area contributed by atoms with Crippen molar-refractivity contribution in [1.29, 1.82) is 0 Å². The van der Waals surface area contributed by atoms with Gasteiger partial charge in [-0.25, -0.2) is 4.98 Å². The van der Waals surface area contributed by atoms with E-state index in [2.05, 4.69) is 17.2 Å². The number of halogens is 1. The van der Waals surface area contributed by atoms with Crippen molar-refractivity contribution in [2.24, 2.45) is 0 Å². The van der Waals surface area contributed by atoms with E-state index in [4.69, 9.17) is 17.3 Å². The molecule has 3 N–H and O–H groups in total. The van der Waals surface area contributed by atoms with Crippen molar-refractivity contribution in [2.75, 3.05) is 11.1 Å². The number of anilines is 2.